The Labute approximate surface area is 244 Å². The lowest BCUT2D eigenvalue weighted by Gasteiger charge is -2.31. The van der Waals surface area contributed by atoms with E-state index in [4.69, 9.17) is 33.8 Å². The predicted molar refractivity (Wildman–Crippen MR) is 155 cm³/mol. The maximum atomic E-state index is 13.0. The van der Waals surface area contributed by atoms with Crippen molar-refractivity contribution in [2.75, 3.05) is 24.6 Å². The molecule has 2 amide bonds. The number of carbonyl (C=O) groups is 4. The fraction of sp³-hybridized carbons (Fsp3) is 0.778. The molecule has 4 atom stereocenters. The van der Waals surface area contributed by atoms with Gasteiger partial charge in [-0.25, -0.2) is 4.79 Å². The van der Waals surface area contributed by atoms with Crippen LogP contribution < -0.4 is 28.7 Å². The molecule has 0 aliphatic rings. The Morgan fingerprint density at radius 3 is 1.36 bits per heavy atom. The van der Waals surface area contributed by atoms with E-state index in [-0.39, 0.29) is 74.0 Å². The van der Waals surface area contributed by atoms with E-state index >= 15 is 0 Å². The van der Waals surface area contributed by atoms with Gasteiger partial charge in [0, 0.05) is 11.5 Å². The van der Waals surface area contributed by atoms with Gasteiger partial charge >= 0.3 is 11.9 Å². The number of rotatable bonds is 18. The fourth-order valence-electron chi connectivity index (χ4n) is 2.60. The zero-order chi connectivity index (χ0) is 24.7. The minimum Gasteiger partial charge on any atom is -0.480 e. The lowest BCUT2D eigenvalue weighted by Crippen LogP contribution is -2.59. The summed E-state index contributed by atoms with van der Waals surface area (Å²) >= 11 is 0. The average Bonchev–Trinajstić information content (AvgIpc) is 2.74. The summed E-state index contributed by atoms with van der Waals surface area (Å²) in [7, 11) is 2.03. The van der Waals surface area contributed by atoms with Gasteiger partial charge in [0.2, 0.25) is 11.8 Å². The van der Waals surface area contributed by atoms with E-state index in [0.717, 1.165) is 21.6 Å². The number of carbonyl (C=O) groups excluding carboxylic acids is 2. The van der Waals surface area contributed by atoms with Crippen LogP contribution in [-0.4, -0.2) is 87.6 Å². The Morgan fingerprint density at radius 1 is 0.639 bits per heavy atom. The molecule has 12 N–H and O–H groups in total. The van der Waals surface area contributed by atoms with Crippen LogP contribution in [0, 0.1) is 0 Å². The van der Waals surface area contributed by atoms with E-state index in [1.807, 2.05) is 0 Å². The molecule has 0 aromatic carbocycles. The number of amides is 2. The van der Waals surface area contributed by atoms with Crippen molar-refractivity contribution < 1.29 is 29.4 Å². The minimum atomic E-state index is -1.52. The summed E-state index contributed by atoms with van der Waals surface area (Å²) in [5, 5.41) is 18.6. The van der Waals surface area contributed by atoms with Gasteiger partial charge in [-0.15, -0.1) is 49.6 Å². The number of hydrogen-bond acceptors (Lipinski definition) is 11. The Hall–Kier alpha value is -0.260. The second-order valence-corrected chi connectivity index (χ2v) is 9.75. The van der Waals surface area contributed by atoms with Crippen LogP contribution >= 0.6 is 71.2 Å². The smallest absolute Gasteiger partial charge is 0.327 e. The summed E-state index contributed by atoms with van der Waals surface area (Å²) in [5.41, 5.74) is 28.2. The molecule has 0 heterocycles. The van der Waals surface area contributed by atoms with E-state index in [0.29, 0.717) is 43.7 Å². The fourth-order valence-corrected chi connectivity index (χ4v) is 4.90. The number of nitrogens with two attached hydrogens (primary N) is 5. The molecule has 0 aliphatic heterocycles. The minimum absolute atomic E-state index is 0. The summed E-state index contributed by atoms with van der Waals surface area (Å²) in [6.45, 7) is 0.833. The number of unbranched alkanes of at least 4 members (excludes halogenated alkanes) is 2. The first-order valence-corrected chi connectivity index (χ1v) is 12.8. The van der Waals surface area contributed by atoms with Crippen LogP contribution in [0.15, 0.2) is 0 Å². The van der Waals surface area contributed by atoms with Crippen LogP contribution in [0.3, 0.4) is 0 Å². The Morgan fingerprint density at radius 2 is 1.03 bits per heavy atom. The topological polar surface area (TPSA) is 242 Å². The highest BCUT2D eigenvalue weighted by Crippen LogP contribution is 2.25. The van der Waals surface area contributed by atoms with E-state index in [9.17, 15) is 24.3 Å². The third-order valence-corrected chi connectivity index (χ3v) is 6.95. The van der Waals surface area contributed by atoms with Crippen LogP contribution in [0.5, 0.6) is 0 Å². The Bertz CT molecular complexity index is 605. The summed E-state index contributed by atoms with van der Waals surface area (Å²) in [6, 6.07) is -4.81. The normalized spacial score (nSPS) is 13.2. The van der Waals surface area contributed by atoms with E-state index in [1.54, 1.807) is 0 Å². The third kappa shape index (κ3) is 18.1. The van der Waals surface area contributed by atoms with E-state index in [2.05, 4.69) is 0 Å². The van der Waals surface area contributed by atoms with Crippen molar-refractivity contribution >= 4 is 95.0 Å². The van der Waals surface area contributed by atoms with E-state index in [1.165, 1.54) is 0 Å². The van der Waals surface area contributed by atoms with Gasteiger partial charge in [-0.05, 0) is 38.8 Å². The van der Waals surface area contributed by atoms with Crippen molar-refractivity contribution in [3.63, 3.8) is 0 Å². The molecule has 0 fully saturated rings. The van der Waals surface area contributed by atoms with Gasteiger partial charge in [0.15, 0.2) is 0 Å². The van der Waals surface area contributed by atoms with Crippen LogP contribution in [-0.2, 0) is 19.2 Å². The first-order chi connectivity index (χ1) is 15.1. The van der Waals surface area contributed by atoms with Crippen LogP contribution in [0.2, 0.25) is 0 Å². The average molecular weight is 643 g/mol. The molecular weight excluding hydrogens is 602 g/mol. The monoisotopic (exact) mass is 640 g/mol. The molecule has 0 saturated heterocycles. The second kappa shape index (κ2) is 26.4. The number of imide groups is 1. The molecule has 0 aliphatic carbocycles. The van der Waals surface area contributed by atoms with Gasteiger partial charge in [0.25, 0.3) is 0 Å². The van der Waals surface area contributed by atoms with Gasteiger partial charge in [0.1, 0.15) is 12.1 Å². The highest BCUT2D eigenvalue weighted by atomic mass is 35.5. The molecule has 0 aromatic rings. The van der Waals surface area contributed by atoms with Crippen LogP contribution in [0.1, 0.15) is 38.5 Å². The number of aliphatic carboxylic acids is 2. The summed E-state index contributed by atoms with van der Waals surface area (Å²) < 4.78 is 0. The SMILES string of the molecule is Cl.Cl.Cl.Cl.NCCCC[C@H](N)C(=O)N(C(=O)[C@@H](N)CCCCN)[C@@H](CSSC[C@H](N)C(=O)O)C(=O)O. The molecule has 18 heteroatoms. The molecule has 12 nitrogen and oxygen atoms in total. The molecule has 0 unspecified atom stereocenters. The first-order valence-electron chi connectivity index (χ1n) is 10.3. The molecule has 0 aromatic heterocycles. The molecule has 0 radical (unpaired) electrons. The van der Waals surface area contributed by atoms with Crippen molar-refractivity contribution in [2.24, 2.45) is 28.7 Å². The summed E-state index contributed by atoms with van der Waals surface area (Å²) in [5.74, 6) is -4.39. The molecule has 0 rings (SSSR count). The first kappa shape index (κ1) is 45.6. The number of halogens is 4. The Balaban J connectivity index is -0.000000801. The third-order valence-electron chi connectivity index (χ3n) is 4.52. The molecule has 0 saturated carbocycles. The molecular formula is C18H40Cl4N6O6S2. The van der Waals surface area contributed by atoms with Crippen LogP contribution in [0.4, 0.5) is 0 Å². The zero-order valence-electron chi connectivity index (χ0n) is 19.7. The maximum absolute atomic E-state index is 13.0. The highest BCUT2D eigenvalue weighted by Gasteiger charge is 2.39. The van der Waals surface area contributed by atoms with Crippen molar-refractivity contribution in [1.29, 1.82) is 0 Å². The largest absolute Gasteiger partial charge is 0.480 e. The maximum Gasteiger partial charge on any atom is 0.327 e. The summed E-state index contributed by atoms with van der Waals surface area (Å²) in [6.07, 6.45) is 2.83. The number of nitrogens with zero attached hydrogens (tertiary/aromatic N) is 1. The van der Waals surface area contributed by atoms with Gasteiger partial charge < -0.3 is 38.9 Å². The molecule has 0 spiro atoms. The quantitative estimate of drug-likeness (QED) is 0.0781. The van der Waals surface area contributed by atoms with Crippen LogP contribution in [0.25, 0.3) is 0 Å². The number of hydrogen-bond donors (Lipinski definition) is 7. The van der Waals surface area contributed by atoms with Gasteiger partial charge in [-0.1, -0.05) is 34.4 Å². The number of carboxylic acids is 2. The second-order valence-electron chi connectivity index (χ2n) is 7.20. The zero-order valence-corrected chi connectivity index (χ0v) is 24.6. The molecule has 0 bridgehead atoms. The van der Waals surface area contributed by atoms with Crippen molar-refractivity contribution in [2.45, 2.75) is 62.7 Å². The van der Waals surface area contributed by atoms with Crippen molar-refractivity contribution in [3.05, 3.63) is 0 Å². The standard InChI is InChI=1S/C18H36N6O6S2.4ClH/c19-7-3-1-5-11(21)15(25)24(16(26)12(22)6-2-4-8-20)14(18(29)30)10-32-31-9-13(23)17(27)28;;;;/h11-14H,1-10,19-23H2,(H,27,28)(H,29,30);4*1H/t11-,12-,13-,14-;;;;/m0..../s1. The highest BCUT2D eigenvalue weighted by molar-refractivity contribution is 8.76. The lowest BCUT2D eigenvalue weighted by atomic mass is 10.0. The van der Waals surface area contributed by atoms with Gasteiger partial charge in [-0.3, -0.25) is 19.3 Å². The van der Waals surface area contributed by atoms with Crippen molar-refractivity contribution in [3.8, 4) is 0 Å². The predicted octanol–water partition coefficient (Wildman–Crippen LogP) is 0.188. The van der Waals surface area contributed by atoms with Crippen molar-refractivity contribution in [1.82, 2.24) is 4.90 Å². The van der Waals surface area contributed by atoms with E-state index < -0.39 is 47.9 Å². The molecule has 36 heavy (non-hydrogen) atoms. The Kier molecular flexibility index (Phi) is 33.4. The van der Waals surface area contributed by atoms with Gasteiger partial charge in [-0.2, -0.15) is 0 Å². The van der Waals surface area contributed by atoms with Gasteiger partial charge in [0.05, 0.1) is 12.1 Å². The number of carboxylic acid groups (broad SMARTS) is 2. The molecule has 218 valence electrons. The summed E-state index contributed by atoms with van der Waals surface area (Å²) in [4.78, 5) is 49.4. The lowest BCUT2D eigenvalue weighted by molar-refractivity contribution is -0.158.